The van der Waals surface area contributed by atoms with E-state index < -0.39 is 11.4 Å². The SMILES string of the molecule is CC(=O)NCCCOS(=O)[O-]. The minimum absolute atomic E-state index is 0.108. The van der Waals surface area contributed by atoms with Crippen molar-refractivity contribution in [2.45, 2.75) is 13.3 Å². The topological polar surface area (TPSA) is 78.5 Å². The summed E-state index contributed by atoms with van der Waals surface area (Å²) < 4.78 is 23.8. The number of carbonyl (C=O) groups is 1. The summed E-state index contributed by atoms with van der Waals surface area (Å²) in [5.74, 6) is -0.131. The highest BCUT2D eigenvalue weighted by Crippen LogP contribution is 1.82. The maximum Gasteiger partial charge on any atom is 0.216 e. The first kappa shape index (κ1) is 10.5. The van der Waals surface area contributed by atoms with Gasteiger partial charge in [-0.15, -0.1) is 0 Å². The van der Waals surface area contributed by atoms with Crippen molar-refractivity contribution in [1.82, 2.24) is 5.32 Å². The molecule has 0 aromatic carbocycles. The molecule has 0 spiro atoms. The molecule has 0 bridgehead atoms. The van der Waals surface area contributed by atoms with Crippen molar-refractivity contribution >= 4 is 17.3 Å². The molecule has 1 N–H and O–H groups in total. The van der Waals surface area contributed by atoms with E-state index in [2.05, 4.69) is 9.50 Å². The van der Waals surface area contributed by atoms with Crippen molar-refractivity contribution in [2.75, 3.05) is 13.2 Å². The van der Waals surface area contributed by atoms with Crippen LogP contribution in [0.5, 0.6) is 0 Å². The van der Waals surface area contributed by atoms with E-state index in [4.69, 9.17) is 0 Å². The second kappa shape index (κ2) is 6.26. The fourth-order valence-electron chi connectivity index (χ4n) is 0.464. The van der Waals surface area contributed by atoms with Gasteiger partial charge in [0.05, 0.1) is 18.0 Å². The molecule has 1 unspecified atom stereocenters. The monoisotopic (exact) mass is 180 g/mol. The van der Waals surface area contributed by atoms with Gasteiger partial charge in [0.1, 0.15) is 0 Å². The van der Waals surface area contributed by atoms with Gasteiger partial charge in [0.2, 0.25) is 5.91 Å². The fraction of sp³-hybridized carbons (Fsp3) is 0.800. The Hall–Kier alpha value is -0.460. The Morgan fingerprint density at radius 3 is 2.82 bits per heavy atom. The van der Waals surface area contributed by atoms with Gasteiger partial charge in [-0.05, 0) is 6.42 Å². The summed E-state index contributed by atoms with van der Waals surface area (Å²) in [5, 5.41) is 2.50. The van der Waals surface area contributed by atoms with E-state index in [1.807, 2.05) is 0 Å². The molecular weight excluding hydrogens is 170 g/mol. The first-order valence-electron chi connectivity index (χ1n) is 3.10. The Labute approximate surface area is 67.6 Å². The van der Waals surface area contributed by atoms with Crippen LogP contribution in [0.2, 0.25) is 0 Å². The van der Waals surface area contributed by atoms with Crippen LogP contribution in [0.1, 0.15) is 13.3 Å². The molecule has 0 heterocycles. The molecule has 0 aliphatic rings. The average Bonchev–Trinajstić information content (AvgIpc) is 1.85. The quantitative estimate of drug-likeness (QED) is 0.449. The molecule has 5 nitrogen and oxygen atoms in total. The van der Waals surface area contributed by atoms with Crippen molar-refractivity contribution in [2.24, 2.45) is 0 Å². The zero-order valence-electron chi connectivity index (χ0n) is 6.16. The standard InChI is InChI=1S/C5H11NO4S/c1-5(7)6-3-2-4-10-11(8)9/h2-4H2,1H3,(H,6,7)(H,8,9)/p-1. The number of hydrogen-bond donors (Lipinski definition) is 1. The fourth-order valence-corrected chi connectivity index (χ4v) is 0.717. The minimum Gasteiger partial charge on any atom is -0.750 e. The maximum atomic E-state index is 10.3. The summed E-state index contributed by atoms with van der Waals surface area (Å²) in [6.45, 7) is 1.94. The highest BCUT2D eigenvalue weighted by atomic mass is 32.2. The molecule has 1 atom stereocenters. The summed E-state index contributed by atoms with van der Waals surface area (Å²) in [7, 11) is 0. The van der Waals surface area contributed by atoms with Crippen LogP contribution in [0, 0.1) is 0 Å². The Morgan fingerprint density at radius 2 is 2.36 bits per heavy atom. The summed E-state index contributed by atoms with van der Waals surface area (Å²) in [6.07, 6.45) is 0.494. The lowest BCUT2D eigenvalue weighted by atomic mass is 10.4. The Balaban J connectivity index is 3.03. The molecule has 0 rings (SSSR count). The van der Waals surface area contributed by atoms with E-state index >= 15 is 0 Å². The number of carbonyl (C=O) groups excluding carboxylic acids is 1. The van der Waals surface area contributed by atoms with Crippen LogP contribution in [0.4, 0.5) is 0 Å². The zero-order chi connectivity index (χ0) is 8.69. The van der Waals surface area contributed by atoms with Gasteiger partial charge in [0.25, 0.3) is 0 Å². The van der Waals surface area contributed by atoms with Crippen molar-refractivity contribution in [3.05, 3.63) is 0 Å². The molecule has 11 heavy (non-hydrogen) atoms. The summed E-state index contributed by atoms with van der Waals surface area (Å²) in [5.41, 5.74) is 0. The number of nitrogens with one attached hydrogen (secondary N) is 1. The Bertz CT molecular complexity index is 133. The molecule has 0 aromatic heterocycles. The average molecular weight is 180 g/mol. The predicted octanol–water partition coefficient (Wildman–Crippen LogP) is -0.677. The van der Waals surface area contributed by atoms with Gasteiger partial charge in [0, 0.05) is 13.5 Å². The van der Waals surface area contributed by atoms with Crippen LogP contribution in [-0.2, 0) is 20.3 Å². The molecule has 0 aromatic rings. The lowest BCUT2D eigenvalue weighted by Crippen LogP contribution is -2.22. The van der Waals surface area contributed by atoms with E-state index in [0.717, 1.165) is 0 Å². The van der Waals surface area contributed by atoms with Crippen LogP contribution >= 0.6 is 0 Å². The van der Waals surface area contributed by atoms with Crippen LogP contribution in [-0.4, -0.2) is 27.8 Å². The molecule has 0 radical (unpaired) electrons. The molecular formula is C5H10NO4S-. The van der Waals surface area contributed by atoms with Crippen molar-refractivity contribution in [3.63, 3.8) is 0 Å². The van der Waals surface area contributed by atoms with Gasteiger partial charge in [-0.3, -0.25) is 4.79 Å². The smallest absolute Gasteiger partial charge is 0.216 e. The van der Waals surface area contributed by atoms with Crippen LogP contribution in [0.15, 0.2) is 0 Å². The lowest BCUT2D eigenvalue weighted by Gasteiger charge is -2.05. The van der Waals surface area contributed by atoms with Crippen molar-refractivity contribution in [3.8, 4) is 0 Å². The number of rotatable bonds is 5. The number of amides is 1. The third-order valence-corrected chi connectivity index (χ3v) is 1.23. The molecule has 0 saturated carbocycles. The highest BCUT2D eigenvalue weighted by Gasteiger charge is 1.90. The number of hydrogen-bond acceptors (Lipinski definition) is 4. The molecule has 0 aliphatic carbocycles. The second-order valence-corrected chi connectivity index (χ2v) is 2.51. The van der Waals surface area contributed by atoms with Gasteiger partial charge in [-0.1, -0.05) is 0 Å². The van der Waals surface area contributed by atoms with Gasteiger partial charge in [-0.25, -0.2) is 4.21 Å². The lowest BCUT2D eigenvalue weighted by molar-refractivity contribution is -0.118. The van der Waals surface area contributed by atoms with E-state index in [9.17, 15) is 13.6 Å². The van der Waals surface area contributed by atoms with Crippen molar-refractivity contribution in [1.29, 1.82) is 0 Å². The molecule has 0 aliphatic heterocycles. The zero-order valence-corrected chi connectivity index (χ0v) is 6.98. The molecule has 6 heteroatoms. The molecule has 66 valence electrons. The van der Waals surface area contributed by atoms with Crippen molar-refractivity contribution < 1.29 is 17.7 Å². The first-order valence-corrected chi connectivity index (χ1v) is 4.10. The van der Waals surface area contributed by atoms with Crippen LogP contribution in [0.3, 0.4) is 0 Å². The van der Waals surface area contributed by atoms with Gasteiger partial charge in [0.15, 0.2) is 0 Å². The summed E-state index contributed by atoms with van der Waals surface area (Å²) >= 11 is -2.44. The summed E-state index contributed by atoms with van der Waals surface area (Å²) in [4.78, 5) is 10.3. The molecule has 0 saturated heterocycles. The predicted molar refractivity (Wildman–Crippen MR) is 38.2 cm³/mol. The van der Waals surface area contributed by atoms with Gasteiger partial charge < -0.3 is 14.1 Å². The van der Waals surface area contributed by atoms with Crippen LogP contribution < -0.4 is 5.32 Å². The second-order valence-electron chi connectivity index (χ2n) is 1.86. The largest absolute Gasteiger partial charge is 0.750 e. The van der Waals surface area contributed by atoms with E-state index in [1.54, 1.807) is 0 Å². The summed E-state index contributed by atoms with van der Waals surface area (Å²) in [6, 6.07) is 0. The van der Waals surface area contributed by atoms with E-state index in [-0.39, 0.29) is 12.5 Å². The first-order chi connectivity index (χ1) is 5.13. The third-order valence-electron chi connectivity index (χ3n) is 0.875. The normalized spacial score (nSPS) is 12.5. The third kappa shape index (κ3) is 9.54. The Morgan fingerprint density at radius 1 is 1.73 bits per heavy atom. The van der Waals surface area contributed by atoms with Gasteiger partial charge in [-0.2, -0.15) is 0 Å². The van der Waals surface area contributed by atoms with Crippen LogP contribution in [0.25, 0.3) is 0 Å². The maximum absolute atomic E-state index is 10.3. The van der Waals surface area contributed by atoms with E-state index in [1.165, 1.54) is 6.92 Å². The molecule has 1 amide bonds. The Kier molecular flexibility index (Phi) is 6.00. The highest BCUT2D eigenvalue weighted by molar-refractivity contribution is 7.74. The van der Waals surface area contributed by atoms with E-state index in [0.29, 0.717) is 13.0 Å². The molecule has 0 fully saturated rings. The van der Waals surface area contributed by atoms with Gasteiger partial charge >= 0.3 is 0 Å². The minimum atomic E-state index is -2.44.